The molecule has 3 aromatic rings. The highest BCUT2D eigenvalue weighted by Crippen LogP contribution is 2.30. The molecule has 0 aliphatic rings. The first-order valence-electron chi connectivity index (χ1n) is 15.6. The van der Waals surface area contributed by atoms with Gasteiger partial charge in [-0.3, -0.25) is 14.4 Å². The summed E-state index contributed by atoms with van der Waals surface area (Å²) in [6.07, 6.45) is 2.35. The number of hydrogen-bond acceptors (Lipinski definition) is 8. The van der Waals surface area contributed by atoms with E-state index in [2.05, 4.69) is 21.3 Å². The maximum Gasteiger partial charge on any atom is 0.408 e. The maximum absolute atomic E-state index is 13.6. The lowest BCUT2D eigenvalue weighted by Gasteiger charge is -2.24. The van der Waals surface area contributed by atoms with Crippen molar-refractivity contribution in [1.29, 1.82) is 0 Å². The van der Waals surface area contributed by atoms with Gasteiger partial charge >= 0.3 is 6.09 Å². The first kappa shape index (κ1) is 35.8. The summed E-state index contributed by atoms with van der Waals surface area (Å²) in [6.45, 7) is 2.41. The Morgan fingerprint density at radius 2 is 1.35 bits per heavy atom. The number of nitrogens with two attached hydrogens (primary N) is 2. The van der Waals surface area contributed by atoms with E-state index in [4.69, 9.17) is 20.9 Å². The molecule has 0 aliphatic heterocycles. The fourth-order valence-corrected chi connectivity index (χ4v) is 4.85. The first-order valence-corrected chi connectivity index (χ1v) is 15.6. The van der Waals surface area contributed by atoms with Crippen molar-refractivity contribution >= 4 is 40.3 Å². The minimum Gasteiger partial charge on any atom is -0.496 e. The maximum atomic E-state index is 13.6. The van der Waals surface area contributed by atoms with Gasteiger partial charge in [0.15, 0.2) is 0 Å². The normalized spacial score (nSPS) is 12.8. The fraction of sp³-hybridized carbons (Fsp3) is 0.412. The average molecular weight is 635 g/mol. The van der Waals surface area contributed by atoms with Gasteiger partial charge in [-0.1, -0.05) is 54.6 Å². The molecule has 0 fully saturated rings. The van der Waals surface area contributed by atoms with Crippen LogP contribution in [0.25, 0.3) is 10.8 Å². The number of alkyl carbamates (subject to hydrolysis) is 1. The Morgan fingerprint density at radius 3 is 2.00 bits per heavy atom. The zero-order chi connectivity index (χ0) is 33.3. The van der Waals surface area contributed by atoms with Crippen molar-refractivity contribution in [3.05, 3.63) is 72.3 Å². The SMILES string of the molecule is COc1cc(NC(=O)C(CCCCN)NC(=O)C(CCCCN)NC(=O)C(C)NC(=O)OCc2ccccc2)cc2ccccc12. The van der Waals surface area contributed by atoms with Crippen LogP contribution in [0.5, 0.6) is 5.75 Å². The number of ether oxygens (including phenoxy) is 2. The number of benzene rings is 3. The Morgan fingerprint density at radius 1 is 0.739 bits per heavy atom. The molecular weight excluding hydrogens is 588 g/mol. The molecule has 0 spiro atoms. The molecule has 0 bridgehead atoms. The Kier molecular flexibility index (Phi) is 14.8. The number of nitrogens with one attached hydrogen (secondary N) is 4. The molecule has 3 atom stereocenters. The zero-order valence-electron chi connectivity index (χ0n) is 26.6. The van der Waals surface area contributed by atoms with Gasteiger partial charge < -0.3 is 42.2 Å². The second-order valence-corrected chi connectivity index (χ2v) is 11.0. The van der Waals surface area contributed by atoms with Crippen LogP contribution in [0.15, 0.2) is 66.7 Å². The van der Waals surface area contributed by atoms with Crippen LogP contribution in [0, 0.1) is 0 Å². The van der Waals surface area contributed by atoms with Gasteiger partial charge in [-0.25, -0.2) is 4.79 Å². The van der Waals surface area contributed by atoms with Crippen molar-refractivity contribution in [2.75, 3.05) is 25.5 Å². The third-order valence-corrected chi connectivity index (χ3v) is 7.41. The van der Waals surface area contributed by atoms with E-state index in [-0.39, 0.29) is 6.61 Å². The number of fused-ring (bicyclic) bond motifs is 1. The second kappa shape index (κ2) is 19.0. The summed E-state index contributed by atoms with van der Waals surface area (Å²) in [5, 5.41) is 12.7. The molecule has 12 heteroatoms. The summed E-state index contributed by atoms with van der Waals surface area (Å²) in [5.41, 5.74) is 12.7. The molecule has 3 aromatic carbocycles. The predicted molar refractivity (Wildman–Crippen MR) is 178 cm³/mol. The van der Waals surface area contributed by atoms with Crippen LogP contribution >= 0.6 is 0 Å². The number of methoxy groups -OCH3 is 1. The molecule has 12 nitrogen and oxygen atoms in total. The van der Waals surface area contributed by atoms with Gasteiger partial charge in [0.05, 0.1) is 7.11 Å². The minimum absolute atomic E-state index is 0.0464. The van der Waals surface area contributed by atoms with Crippen molar-refractivity contribution in [1.82, 2.24) is 16.0 Å². The zero-order valence-corrected chi connectivity index (χ0v) is 26.6. The summed E-state index contributed by atoms with van der Waals surface area (Å²) in [4.78, 5) is 52.4. The highest BCUT2D eigenvalue weighted by atomic mass is 16.5. The molecule has 0 aromatic heterocycles. The molecule has 46 heavy (non-hydrogen) atoms. The van der Waals surface area contributed by atoms with Gasteiger partial charge in [0.2, 0.25) is 17.7 Å². The number of rotatable bonds is 18. The molecule has 4 amide bonds. The standard InChI is InChI=1S/C34H46N6O6/c1-23(37-34(44)46-22-24-12-4-3-5-13-24)31(41)39-29(17-9-11-19-36)33(43)40-28(16-8-10-18-35)32(42)38-26-20-25-14-6-7-15-27(25)30(21-26)45-2/h3-7,12-15,20-21,23,28-29H,8-11,16-19,22,35-36H2,1-2H3,(H,37,44)(H,38,42)(H,39,41)(H,40,43). The van der Waals surface area contributed by atoms with Crippen molar-refractivity contribution in [2.45, 2.75) is 70.2 Å². The lowest BCUT2D eigenvalue weighted by molar-refractivity contribution is -0.131. The molecule has 3 rings (SSSR count). The van der Waals surface area contributed by atoms with E-state index in [1.807, 2.05) is 60.7 Å². The molecule has 3 unspecified atom stereocenters. The Balaban J connectivity index is 1.68. The van der Waals surface area contributed by atoms with Crippen LogP contribution in [0.2, 0.25) is 0 Å². The molecule has 0 heterocycles. The van der Waals surface area contributed by atoms with Crippen LogP contribution in [-0.4, -0.2) is 62.1 Å². The summed E-state index contributed by atoms with van der Waals surface area (Å²) >= 11 is 0. The Hall–Kier alpha value is -4.68. The number of carbonyl (C=O) groups excluding carboxylic acids is 4. The van der Waals surface area contributed by atoms with E-state index in [0.717, 1.165) is 16.3 Å². The number of carbonyl (C=O) groups is 4. The van der Waals surface area contributed by atoms with Gasteiger partial charge in [-0.15, -0.1) is 0 Å². The van der Waals surface area contributed by atoms with Crippen molar-refractivity contribution in [3.63, 3.8) is 0 Å². The lowest BCUT2D eigenvalue weighted by Crippen LogP contribution is -2.55. The van der Waals surface area contributed by atoms with Gasteiger partial charge in [0, 0.05) is 17.1 Å². The number of hydrogen-bond donors (Lipinski definition) is 6. The van der Waals surface area contributed by atoms with Crippen molar-refractivity contribution in [2.24, 2.45) is 11.5 Å². The van der Waals surface area contributed by atoms with Gasteiger partial charge in [-0.2, -0.15) is 0 Å². The van der Waals surface area contributed by atoms with E-state index in [0.29, 0.717) is 63.1 Å². The van der Waals surface area contributed by atoms with E-state index < -0.39 is 41.9 Å². The van der Waals surface area contributed by atoms with Crippen LogP contribution < -0.4 is 37.5 Å². The molecule has 248 valence electrons. The van der Waals surface area contributed by atoms with Crippen molar-refractivity contribution in [3.8, 4) is 5.75 Å². The van der Waals surface area contributed by atoms with Crippen LogP contribution in [0.1, 0.15) is 51.0 Å². The van der Waals surface area contributed by atoms with Crippen LogP contribution in [0.3, 0.4) is 0 Å². The second-order valence-electron chi connectivity index (χ2n) is 11.0. The van der Waals surface area contributed by atoms with Crippen LogP contribution in [-0.2, 0) is 25.7 Å². The molecule has 0 radical (unpaired) electrons. The van der Waals surface area contributed by atoms with Gasteiger partial charge in [0.1, 0.15) is 30.5 Å². The number of unbranched alkanes of at least 4 members (excludes halogenated alkanes) is 2. The van der Waals surface area contributed by atoms with E-state index >= 15 is 0 Å². The highest BCUT2D eigenvalue weighted by molar-refractivity contribution is 6.01. The summed E-state index contributed by atoms with van der Waals surface area (Å²) in [7, 11) is 1.56. The lowest BCUT2D eigenvalue weighted by atomic mass is 10.0. The number of amides is 4. The third kappa shape index (κ3) is 11.4. The van der Waals surface area contributed by atoms with E-state index in [1.165, 1.54) is 6.92 Å². The smallest absolute Gasteiger partial charge is 0.408 e. The highest BCUT2D eigenvalue weighted by Gasteiger charge is 2.28. The van der Waals surface area contributed by atoms with E-state index in [1.54, 1.807) is 13.2 Å². The quantitative estimate of drug-likeness (QED) is 0.115. The fourth-order valence-electron chi connectivity index (χ4n) is 4.85. The first-order chi connectivity index (χ1) is 22.2. The van der Waals surface area contributed by atoms with Gasteiger partial charge in [0.25, 0.3) is 0 Å². The third-order valence-electron chi connectivity index (χ3n) is 7.41. The monoisotopic (exact) mass is 634 g/mol. The summed E-state index contributed by atoms with van der Waals surface area (Å²) in [5.74, 6) is -0.900. The van der Waals surface area contributed by atoms with Gasteiger partial charge in [-0.05, 0) is 75.6 Å². The average Bonchev–Trinajstić information content (AvgIpc) is 3.06. The molecular formula is C34H46N6O6. The largest absolute Gasteiger partial charge is 0.496 e. The molecule has 8 N–H and O–H groups in total. The van der Waals surface area contributed by atoms with Crippen LogP contribution in [0.4, 0.5) is 10.5 Å². The summed E-state index contributed by atoms with van der Waals surface area (Å²) < 4.78 is 10.7. The molecule has 0 saturated heterocycles. The van der Waals surface area contributed by atoms with Crippen molar-refractivity contribution < 1.29 is 28.7 Å². The molecule has 0 aliphatic carbocycles. The predicted octanol–water partition coefficient (Wildman–Crippen LogP) is 3.33. The minimum atomic E-state index is -0.986. The topological polar surface area (TPSA) is 187 Å². The summed E-state index contributed by atoms with van der Waals surface area (Å²) in [6, 6.07) is 17.5. The Labute approximate surface area is 269 Å². The Bertz CT molecular complexity index is 1440. The number of anilines is 1. The molecule has 0 saturated carbocycles. The van der Waals surface area contributed by atoms with E-state index in [9.17, 15) is 19.2 Å².